The van der Waals surface area contributed by atoms with Gasteiger partial charge < -0.3 is 24.9 Å². The number of aromatic nitrogens is 2. The number of nitrogen functional groups attached to an aromatic ring is 1. The molecule has 2 aromatic rings. The lowest BCUT2D eigenvalue weighted by Gasteiger charge is -2.29. The summed E-state index contributed by atoms with van der Waals surface area (Å²) < 4.78 is 19.4. The molecule has 2 aliphatic heterocycles. The van der Waals surface area contributed by atoms with Crippen molar-refractivity contribution in [1.82, 2.24) is 9.55 Å². The van der Waals surface area contributed by atoms with Crippen molar-refractivity contribution >= 4 is 18.4 Å². The molecule has 2 saturated heterocycles. The summed E-state index contributed by atoms with van der Waals surface area (Å²) in [5.41, 5.74) is 4.91. The first-order valence-corrected chi connectivity index (χ1v) is 8.02. The number of anilines is 1. The summed E-state index contributed by atoms with van der Waals surface area (Å²) in [5.74, 6) is 0.130. The standard InChI is InChI=1S/C16H18BN3O5/c1-16-13(24-17(25-16)10-5-3-2-4-6-10)11(9-21)23-14(16)20-8-7-12(18)19-15(20)22/h2-8,11,13-14,21H,9H2,1H3,(H2,18,19,22). The molecule has 4 rings (SSSR count). The smallest absolute Gasteiger partial charge is 0.398 e. The van der Waals surface area contributed by atoms with Crippen molar-refractivity contribution in [3.05, 3.63) is 53.1 Å². The maximum absolute atomic E-state index is 12.2. The Labute approximate surface area is 144 Å². The van der Waals surface area contributed by atoms with Crippen LogP contribution in [0.15, 0.2) is 47.4 Å². The zero-order valence-electron chi connectivity index (χ0n) is 13.6. The van der Waals surface area contributed by atoms with Crippen molar-refractivity contribution in [1.29, 1.82) is 0 Å². The number of hydrogen-bond acceptors (Lipinski definition) is 7. The molecule has 0 bridgehead atoms. The van der Waals surface area contributed by atoms with Crippen LogP contribution in [0.1, 0.15) is 13.2 Å². The van der Waals surface area contributed by atoms with Gasteiger partial charge in [0, 0.05) is 6.20 Å². The van der Waals surface area contributed by atoms with Gasteiger partial charge in [-0.25, -0.2) is 4.79 Å². The molecule has 1 aromatic carbocycles. The van der Waals surface area contributed by atoms with Crippen molar-refractivity contribution in [3.63, 3.8) is 0 Å². The summed E-state index contributed by atoms with van der Waals surface area (Å²) in [7, 11) is -0.603. The van der Waals surface area contributed by atoms with Crippen LogP contribution in [0.5, 0.6) is 0 Å². The van der Waals surface area contributed by atoms with Crippen molar-refractivity contribution < 1.29 is 19.2 Å². The van der Waals surface area contributed by atoms with Crippen LogP contribution in [-0.2, 0) is 14.0 Å². The Morgan fingerprint density at radius 3 is 2.80 bits per heavy atom. The maximum atomic E-state index is 12.2. The fourth-order valence-corrected chi connectivity index (χ4v) is 3.46. The van der Waals surface area contributed by atoms with E-state index in [-0.39, 0.29) is 12.4 Å². The summed E-state index contributed by atoms with van der Waals surface area (Å²) in [4.78, 5) is 16.0. The molecule has 4 unspecified atom stereocenters. The highest BCUT2D eigenvalue weighted by Gasteiger charge is 2.63. The number of aliphatic hydroxyl groups is 1. The van der Waals surface area contributed by atoms with Crippen molar-refractivity contribution in [3.8, 4) is 0 Å². The quantitative estimate of drug-likeness (QED) is 0.708. The highest BCUT2D eigenvalue weighted by atomic mass is 16.7. The van der Waals surface area contributed by atoms with Crippen molar-refractivity contribution in [2.45, 2.75) is 31.0 Å². The number of aliphatic hydroxyl groups excluding tert-OH is 1. The van der Waals surface area contributed by atoms with Crippen molar-refractivity contribution in [2.24, 2.45) is 0 Å². The normalized spacial score (nSPS) is 31.3. The van der Waals surface area contributed by atoms with Crippen LogP contribution in [0.4, 0.5) is 5.82 Å². The third-order valence-corrected chi connectivity index (χ3v) is 4.68. The van der Waals surface area contributed by atoms with Crippen molar-refractivity contribution in [2.75, 3.05) is 12.3 Å². The number of nitrogens with zero attached hydrogens (tertiary/aromatic N) is 2. The Kier molecular flexibility index (Phi) is 3.88. The average molecular weight is 343 g/mol. The second kappa shape index (κ2) is 5.96. The van der Waals surface area contributed by atoms with Gasteiger partial charge in [-0.3, -0.25) is 4.57 Å². The number of rotatable bonds is 3. The van der Waals surface area contributed by atoms with Crippen LogP contribution in [0.25, 0.3) is 0 Å². The van der Waals surface area contributed by atoms with Gasteiger partial charge in [0.25, 0.3) is 0 Å². The molecule has 8 nitrogen and oxygen atoms in total. The highest BCUT2D eigenvalue weighted by molar-refractivity contribution is 6.62. The minimum atomic E-state index is -0.963. The Bertz CT molecular complexity index is 832. The van der Waals surface area contributed by atoms with Gasteiger partial charge in [-0.1, -0.05) is 30.3 Å². The number of benzene rings is 1. The first kappa shape index (κ1) is 16.3. The second-order valence-corrected chi connectivity index (χ2v) is 6.35. The Hall–Kier alpha value is -2.20. The summed E-state index contributed by atoms with van der Waals surface area (Å²) in [6, 6.07) is 11.0. The molecular formula is C16H18BN3O5. The van der Waals surface area contributed by atoms with E-state index in [4.69, 9.17) is 19.8 Å². The van der Waals surface area contributed by atoms with Crippen LogP contribution in [0, 0.1) is 0 Å². The predicted molar refractivity (Wildman–Crippen MR) is 90.1 cm³/mol. The van der Waals surface area contributed by atoms with Crippen LogP contribution >= 0.6 is 0 Å². The number of ether oxygens (including phenoxy) is 1. The molecule has 25 heavy (non-hydrogen) atoms. The average Bonchev–Trinajstić information content (AvgIpc) is 3.08. The zero-order valence-corrected chi connectivity index (χ0v) is 13.6. The van der Waals surface area contributed by atoms with E-state index in [1.165, 1.54) is 16.8 Å². The van der Waals surface area contributed by atoms with E-state index in [2.05, 4.69) is 4.98 Å². The molecule has 4 atom stereocenters. The Morgan fingerprint density at radius 2 is 2.12 bits per heavy atom. The van der Waals surface area contributed by atoms with Crippen LogP contribution in [0.3, 0.4) is 0 Å². The topological polar surface area (TPSA) is 109 Å². The summed E-state index contributed by atoms with van der Waals surface area (Å²) >= 11 is 0. The lowest BCUT2D eigenvalue weighted by Crippen LogP contribution is -2.45. The van der Waals surface area contributed by atoms with E-state index in [9.17, 15) is 9.90 Å². The molecule has 0 spiro atoms. The van der Waals surface area contributed by atoms with Crippen LogP contribution in [-0.4, -0.2) is 46.2 Å². The third-order valence-electron chi connectivity index (χ3n) is 4.68. The summed E-state index contributed by atoms with van der Waals surface area (Å²) in [6.07, 6.45) is -0.425. The van der Waals surface area contributed by atoms with Gasteiger partial charge in [0.1, 0.15) is 23.6 Å². The monoisotopic (exact) mass is 343 g/mol. The second-order valence-electron chi connectivity index (χ2n) is 6.35. The predicted octanol–water partition coefficient (Wildman–Crippen LogP) is -0.715. The largest absolute Gasteiger partial charge is 0.494 e. The molecule has 0 saturated carbocycles. The van der Waals surface area contributed by atoms with Gasteiger partial charge in [-0.15, -0.1) is 0 Å². The van der Waals surface area contributed by atoms with Gasteiger partial charge >= 0.3 is 12.8 Å². The number of fused-ring (bicyclic) bond motifs is 1. The molecule has 0 aliphatic carbocycles. The third kappa shape index (κ3) is 2.56. The van der Waals surface area contributed by atoms with E-state index in [0.29, 0.717) is 0 Å². The molecule has 0 radical (unpaired) electrons. The molecule has 130 valence electrons. The fraction of sp³-hybridized carbons (Fsp3) is 0.375. The first-order chi connectivity index (χ1) is 12.0. The highest BCUT2D eigenvalue weighted by Crippen LogP contribution is 2.46. The molecule has 1 aromatic heterocycles. The van der Waals surface area contributed by atoms with E-state index < -0.39 is 36.8 Å². The van der Waals surface area contributed by atoms with Gasteiger partial charge in [-0.05, 0) is 18.5 Å². The lowest BCUT2D eigenvalue weighted by atomic mass is 9.79. The molecule has 2 aliphatic rings. The van der Waals surface area contributed by atoms with Gasteiger partial charge in [0.05, 0.1) is 6.61 Å². The summed E-state index contributed by atoms with van der Waals surface area (Å²) in [6.45, 7) is 1.56. The van der Waals surface area contributed by atoms with Crippen LogP contribution in [0.2, 0.25) is 0 Å². The molecule has 0 amide bonds. The van der Waals surface area contributed by atoms with Gasteiger partial charge in [0.2, 0.25) is 0 Å². The molecule has 2 fully saturated rings. The van der Waals surface area contributed by atoms with E-state index >= 15 is 0 Å². The van der Waals surface area contributed by atoms with E-state index in [1.54, 1.807) is 0 Å². The van der Waals surface area contributed by atoms with Crippen LogP contribution < -0.4 is 16.9 Å². The zero-order chi connectivity index (χ0) is 17.6. The van der Waals surface area contributed by atoms with E-state index in [0.717, 1.165) is 5.46 Å². The lowest BCUT2D eigenvalue weighted by molar-refractivity contribution is -0.0809. The molecule has 3 heterocycles. The number of nitrogens with two attached hydrogens (primary N) is 1. The Morgan fingerprint density at radius 1 is 1.36 bits per heavy atom. The minimum Gasteiger partial charge on any atom is -0.398 e. The Balaban J connectivity index is 1.72. The van der Waals surface area contributed by atoms with Gasteiger partial charge in [-0.2, -0.15) is 4.98 Å². The minimum absolute atomic E-state index is 0.130. The fourth-order valence-electron chi connectivity index (χ4n) is 3.46. The molecular weight excluding hydrogens is 325 g/mol. The summed E-state index contributed by atoms with van der Waals surface area (Å²) in [5, 5.41) is 9.68. The van der Waals surface area contributed by atoms with E-state index in [1.807, 2.05) is 37.3 Å². The maximum Gasteiger partial charge on any atom is 0.494 e. The van der Waals surface area contributed by atoms with Gasteiger partial charge in [0.15, 0.2) is 6.23 Å². The molecule has 3 N–H and O–H groups in total. The number of hydrogen-bond donors (Lipinski definition) is 2. The molecule has 9 heteroatoms. The first-order valence-electron chi connectivity index (χ1n) is 8.02. The SMILES string of the molecule is CC12OB(c3ccccc3)OC1C(CO)OC2n1ccc(N)nc1=O.